The highest BCUT2D eigenvalue weighted by Crippen LogP contribution is 2.25. The fourth-order valence-electron chi connectivity index (χ4n) is 3.03. The largest absolute Gasteiger partial charge is 0.399 e. The van der Waals surface area contributed by atoms with Crippen LogP contribution in [-0.4, -0.2) is 18.0 Å². The van der Waals surface area contributed by atoms with Gasteiger partial charge in [0.05, 0.1) is 0 Å². The van der Waals surface area contributed by atoms with Crippen molar-refractivity contribution in [2.45, 2.75) is 39.7 Å². The Hall–Kier alpha value is -1.09. The van der Waals surface area contributed by atoms with Crippen LogP contribution in [0, 0.1) is 17.7 Å². The summed E-state index contributed by atoms with van der Waals surface area (Å²) < 4.78 is 13.3. The van der Waals surface area contributed by atoms with Crippen molar-refractivity contribution in [1.82, 2.24) is 4.90 Å². The lowest BCUT2D eigenvalue weighted by Crippen LogP contribution is -2.24. The normalized spacial score (nSPS) is 21.6. The molecule has 2 N–H and O–H groups in total. The third-order valence-electron chi connectivity index (χ3n) is 4.19. The average molecular weight is 264 g/mol. The predicted molar refractivity (Wildman–Crippen MR) is 78.3 cm³/mol. The molecule has 1 atom stereocenters. The second-order valence-corrected chi connectivity index (χ2v) is 6.10. The minimum absolute atomic E-state index is 0.232. The Morgan fingerprint density at radius 2 is 2.05 bits per heavy atom. The molecule has 1 saturated heterocycles. The van der Waals surface area contributed by atoms with E-state index in [-0.39, 0.29) is 5.82 Å². The maximum atomic E-state index is 13.3. The van der Waals surface area contributed by atoms with E-state index in [0.29, 0.717) is 5.69 Å². The van der Waals surface area contributed by atoms with Gasteiger partial charge in [-0.2, -0.15) is 0 Å². The predicted octanol–water partition coefficient (Wildman–Crippen LogP) is 3.67. The second-order valence-electron chi connectivity index (χ2n) is 6.10. The standard InChI is InChI=1S/C16H25FN2/c1-12(2)14-4-3-6-19(7-5-14)11-13-8-15(17)10-16(18)9-13/h8-10,12,14H,3-7,11,18H2,1-2H3. The molecule has 0 aliphatic carbocycles. The van der Waals surface area contributed by atoms with Crippen LogP contribution in [0.3, 0.4) is 0 Å². The Balaban J connectivity index is 1.95. The lowest BCUT2D eigenvalue weighted by molar-refractivity contribution is 0.264. The zero-order valence-corrected chi connectivity index (χ0v) is 12.0. The first-order valence-corrected chi connectivity index (χ1v) is 7.32. The molecule has 3 heteroatoms. The Labute approximate surface area is 115 Å². The van der Waals surface area contributed by atoms with Gasteiger partial charge in [-0.1, -0.05) is 13.8 Å². The van der Waals surface area contributed by atoms with Gasteiger partial charge in [0.2, 0.25) is 0 Å². The van der Waals surface area contributed by atoms with Crippen molar-refractivity contribution < 1.29 is 4.39 Å². The number of hydrogen-bond donors (Lipinski definition) is 1. The number of rotatable bonds is 3. The van der Waals surface area contributed by atoms with Crippen molar-refractivity contribution in [3.8, 4) is 0 Å². The minimum Gasteiger partial charge on any atom is -0.399 e. The molecular weight excluding hydrogens is 239 g/mol. The molecule has 0 aromatic heterocycles. The van der Waals surface area contributed by atoms with Crippen LogP contribution >= 0.6 is 0 Å². The SMILES string of the molecule is CC(C)C1CCCN(Cc2cc(N)cc(F)c2)CC1. The molecule has 2 nitrogen and oxygen atoms in total. The van der Waals surface area contributed by atoms with Gasteiger partial charge >= 0.3 is 0 Å². The van der Waals surface area contributed by atoms with Gasteiger partial charge in [0.15, 0.2) is 0 Å². The number of halogens is 1. The average Bonchev–Trinajstić information content (AvgIpc) is 2.53. The van der Waals surface area contributed by atoms with Gasteiger partial charge in [0, 0.05) is 12.2 Å². The van der Waals surface area contributed by atoms with Gasteiger partial charge in [-0.3, -0.25) is 4.90 Å². The van der Waals surface area contributed by atoms with Crippen molar-refractivity contribution in [2.24, 2.45) is 11.8 Å². The summed E-state index contributed by atoms with van der Waals surface area (Å²) in [5.74, 6) is 1.37. The smallest absolute Gasteiger partial charge is 0.125 e. The molecule has 0 spiro atoms. The molecule has 1 unspecified atom stereocenters. The van der Waals surface area contributed by atoms with Crippen LogP contribution in [0.1, 0.15) is 38.7 Å². The number of nitrogens with zero attached hydrogens (tertiary/aromatic N) is 1. The molecule has 0 radical (unpaired) electrons. The number of anilines is 1. The summed E-state index contributed by atoms with van der Waals surface area (Å²) in [6.45, 7) is 7.66. The van der Waals surface area contributed by atoms with Crippen molar-refractivity contribution in [1.29, 1.82) is 0 Å². The van der Waals surface area contributed by atoms with E-state index in [4.69, 9.17) is 5.73 Å². The third kappa shape index (κ3) is 4.20. The zero-order valence-electron chi connectivity index (χ0n) is 12.0. The van der Waals surface area contributed by atoms with Crippen LogP contribution in [0.15, 0.2) is 18.2 Å². The van der Waals surface area contributed by atoms with Crippen LogP contribution in [0.4, 0.5) is 10.1 Å². The van der Waals surface area contributed by atoms with Crippen LogP contribution in [0.2, 0.25) is 0 Å². The molecule has 1 aliphatic rings. The maximum absolute atomic E-state index is 13.3. The van der Waals surface area contributed by atoms with E-state index in [0.717, 1.165) is 37.0 Å². The zero-order chi connectivity index (χ0) is 13.8. The van der Waals surface area contributed by atoms with E-state index in [9.17, 15) is 4.39 Å². The first-order chi connectivity index (χ1) is 9.04. The summed E-state index contributed by atoms with van der Waals surface area (Å²) in [4.78, 5) is 2.43. The first-order valence-electron chi connectivity index (χ1n) is 7.32. The Morgan fingerprint density at radius 3 is 2.74 bits per heavy atom. The van der Waals surface area contributed by atoms with Crippen LogP contribution in [-0.2, 0) is 6.54 Å². The Bertz CT molecular complexity index is 397. The quantitative estimate of drug-likeness (QED) is 0.844. The van der Waals surface area contributed by atoms with Crippen molar-refractivity contribution in [2.75, 3.05) is 18.8 Å². The van der Waals surface area contributed by atoms with E-state index in [1.807, 2.05) is 6.07 Å². The van der Waals surface area contributed by atoms with E-state index < -0.39 is 0 Å². The fraction of sp³-hybridized carbons (Fsp3) is 0.625. The molecule has 1 aromatic carbocycles. The molecule has 0 amide bonds. The summed E-state index contributed by atoms with van der Waals surface area (Å²) in [5.41, 5.74) is 7.20. The van der Waals surface area contributed by atoms with Gasteiger partial charge in [-0.05, 0) is 68.0 Å². The van der Waals surface area contributed by atoms with Crippen LogP contribution < -0.4 is 5.73 Å². The maximum Gasteiger partial charge on any atom is 0.125 e. The summed E-state index contributed by atoms with van der Waals surface area (Å²) >= 11 is 0. The highest BCUT2D eigenvalue weighted by atomic mass is 19.1. The van der Waals surface area contributed by atoms with Crippen molar-refractivity contribution >= 4 is 5.69 Å². The molecule has 1 aromatic rings. The monoisotopic (exact) mass is 264 g/mol. The lowest BCUT2D eigenvalue weighted by atomic mass is 9.89. The number of nitrogens with two attached hydrogens (primary N) is 1. The Morgan fingerprint density at radius 1 is 1.26 bits per heavy atom. The molecule has 2 rings (SSSR count). The molecule has 0 bridgehead atoms. The summed E-state index contributed by atoms with van der Waals surface area (Å²) in [5, 5.41) is 0. The van der Waals surface area contributed by atoms with Gasteiger partial charge in [-0.25, -0.2) is 4.39 Å². The van der Waals surface area contributed by atoms with Gasteiger partial charge in [-0.15, -0.1) is 0 Å². The fourth-order valence-corrected chi connectivity index (χ4v) is 3.03. The molecule has 1 aliphatic heterocycles. The van der Waals surface area contributed by atoms with Gasteiger partial charge < -0.3 is 5.73 Å². The number of nitrogen functional groups attached to an aromatic ring is 1. The molecule has 106 valence electrons. The van der Waals surface area contributed by atoms with Crippen molar-refractivity contribution in [3.05, 3.63) is 29.6 Å². The molecular formula is C16H25FN2. The second kappa shape index (κ2) is 6.38. The lowest BCUT2D eigenvalue weighted by Gasteiger charge is -2.21. The van der Waals surface area contributed by atoms with Gasteiger partial charge in [0.1, 0.15) is 5.82 Å². The van der Waals surface area contributed by atoms with E-state index in [2.05, 4.69) is 18.7 Å². The summed E-state index contributed by atoms with van der Waals surface area (Å²) in [6.07, 6.45) is 3.82. The highest BCUT2D eigenvalue weighted by molar-refractivity contribution is 5.41. The van der Waals surface area contributed by atoms with E-state index in [1.54, 1.807) is 6.07 Å². The highest BCUT2D eigenvalue weighted by Gasteiger charge is 2.19. The summed E-state index contributed by atoms with van der Waals surface area (Å²) in [7, 11) is 0. The molecule has 1 heterocycles. The molecule has 0 saturated carbocycles. The number of benzene rings is 1. The van der Waals surface area contributed by atoms with E-state index >= 15 is 0 Å². The minimum atomic E-state index is -0.232. The van der Waals surface area contributed by atoms with Crippen molar-refractivity contribution in [3.63, 3.8) is 0 Å². The Kier molecular flexibility index (Phi) is 4.81. The van der Waals surface area contributed by atoms with Crippen LogP contribution in [0.5, 0.6) is 0 Å². The number of hydrogen-bond acceptors (Lipinski definition) is 2. The van der Waals surface area contributed by atoms with E-state index in [1.165, 1.54) is 25.3 Å². The van der Waals surface area contributed by atoms with Gasteiger partial charge in [0.25, 0.3) is 0 Å². The topological polar surface area (TPSA) is 29.3 Å². The first kappa shape index (κ1) is 14.3. The molecule has 1 fully saturated rings. The van der Waals surface area contributed by atoms with Crippen LogP contribution in [0.25, 0.3) is 0 Å². The number of likely N-dealkylation sites (tertiary alicyclic amines) is 1. The molecule has 19 heavy (non-hydrogen) atoms. The third-order valence-corrected chi connectivity index (χ3v) is 4.19. The summed E-state index contributed by atoms with van der Waals surface area (Å²) in [6, 6.07) is 4.86.